The molecule has 8 heteroatoms. The van der Waals surface area contributed by atoms with Gasteiger partial charge in [-0.05, 0) is 43.7 Å². The molecule has 0 aromatic heterocycles. The van der Waals surface area contributed by atoms with Crippen molar-refractivity contribution >= 4 is 38.9 Å². The summed E-state index contributed by atoms with van der Waals surface area (Å²) in [4.78, 5) is 12.7. The number of halogens is 1. The molecule has 0 fully saturated rings. The molecule has 6 nitrogen and oxygen atoms in total. The fourth-order valence-electron chi connectivity index (χ4n) is 2.59. The highest BCUT2D eigenvalue weighted by molar-refractivity contribution is 7.92. The smallest absolute Gasteiger partial charge is 0.247 e. The van der Waals surface area contributed by atoms with Crippen LogP contribution in [0.25, 0.3) is 0 Å². The van der Waals surface area contributed by atoms with Gasteiger partial charge in [-0.3, -0.25) is 9.10 Å². The lowest BCUT2D eigenvalue weighted by Crippen LogP contribution is -2.45. The van der Waals surface area contributed by atoms with Gasteiger partial charge in [0.15, 0.2) is 0 Å². The monoisotopic (exact) mass is 422 g/mol. The lowest BCUT2D eigenvalue weighted by Gasteiger charge is -2.28. The van der Waals surface area contributed by atoms with Gasteiger partial charge in [-0.25, -0.2) is 8.42 Å². The molecule has 2 aromatic rings. The third-order valence-corrected chi connectivity index (χ3v) is 5.62. The molecule has 0 spiro atoms. The minimum Gasteiger partial charge on any atom is -0.489 e. The summed E-state index contributed by atoms with van der Waals surface area (Å²) < 4.78 is 31.2. The summed E-state index contributed by atoms with van der Waals surface area (Å²) in [5, 5.41) is 3.15. The molecule has 0 bridgehead atoms. The van der Waals surface area contributed by atoms with E-state index in [1.165, 1.54) is 13.0 Å². The first kappa shape index (κ1) is 21.8. The largest absolute Gasteiger partial charge is 0.489 e. The first-order valence-corrected chi connectivity index (χ1v) is 10.8. The van der Waals surface area contributed by atoms with Crippen LogP contribution in [0.4, 0.5) is 11.4 Å². The van der Waals surface area contributed by atoms with Gasteiger partial charge in [-0.2, -0.15) is 0 Å². The summed E-state index contributed by atoms with van der Waals surface area (Å²) in [7, 11) is -3.73. The molecule has 2 rings (SSSR count). The van der Waals surface area contributed by atoms with Gasteiger partial charge in [0, 0.05) is 16.8 Å². The number of amides is 1. The molecule has 150 valence electrons. The Balaban J connectivity index is 2.27. The number of nitrogens with one attached hydrogen (secondary N) is 1. The summed E-state index contributed by atoms with van der Waals surface area (Å²) in [5.74, 6) is 0.0821. The van der Waals surface area contributed by atoms with Crippen LogP contribution in [0, 0.1) is 6.92 Å². The van der Waals surface area contributed by atoms with Crippen molar-refractivity contribution in [3.63, 3.8) is 0 Å². The van der Waals surface area contributed by atoms with Gasteiger partial charge in [-0.1, -0.05) is 36.4 Å². The topological polar surface area (TPSA) is 75.7 Å². The van der Waals surface area contributed by atoms with Crippen molar-refractivity contribution in [1.29, 1.82) is 0 Å². The number of carbonyl (C=O) groups excluding carboxylic acids is 1. The third kappa shape index (κ3) is 5.50. The predicted octanol–water partition coefficient (Wildman–Crippen LogP) is 4.01. The van der Waals surface area contributed by atoms with Crippen LogP contribution in [0.3, 0.4) is 0 Å². The lowest BCUT2D eigenvalue weighted by molar-refractivity contribution is -0.116. The molecule has 1 N–H and O–H groups in total. The molecule has 1 amide bonds. The number of sulfonamides is 1. The second kappa shape index (κ2) is 9.12. The van der Waals surface area contributed by atoms with Crippen molar-refractivity contribution < 1.29 is 17.9 Å². The van der Waals surface area contributed by atoms with Crippen LogP contribution in [0.5, 0.6) is 5.75 Å². The Labute approximate surface area is 170 Å². The second-order valence-corrected chi connectivity index (χ2v) is 8.55. The number of anilines is 2. The number of rotatable bonds is 8. The Bertz CT molecular complexity index is 976. The average molecular weight is 423 g/mol. The minimum atomic E-state index is -3.73. The van der Waals surface area contributed by atoms with Crippen molar-refractivity contribution in [3.8, 4) is 5.75 Å². The first-order valence-electron chi connectivity index (χ1n) is 8.53. The molecule has 0 saturated carbocycles. The van der Waals surface area contributed by atoms with E-state index in [9.17, 15) is 13.2 Å². The number of aryl methyl sites for hydroxylation is 1. The van der Waals surface area contributed by atoms with Crippen LogP contribution in [0.2, 0.25) is 5.02 Å². The number of hydrogen-bond donors (Lipinski definition) is 1. The van der Waals surface area contributed by atoms with E-state index in [0.29, 0.717) is 28.8 Å². The highest BCUT2D eigenvalue weighted by Gasteiger charge is 2.29. The Hall–Kier alpha value is -2.51. The average Bonchev–Trinajstić information content (AvgIpc) is 2.62. The quantitative estimate of drug-likeness (QED) is 0.652. The van der Waals surface area contributed by atoms with E-state index in [1.54, 1.807) is 42.5 Å². The van der Waals surface area contributed by atoms with Gasteiger partial charge < -0.3 is 10.1 Å². The Morgan fingerprint density at radius 1 is 1.32 bits per heavy atom. The van der Waals surface area contributed by atoms with Crippen molar-refractivity contribution in [3.05, 3.63) is 65.7 Å². The number of hydrogen-bond acceptors (Lipinski definition) is 4. The molecule has 1 atom stereocenters. The normalized spacial score (nSPS) is 12.1. The molecule has 0 aliphatic carbocycles. The summed E-state index contributed by atoms with van der Waals surface area (Å²) >= 11 is 6.14. The maximum absolute atomic E-state index is 12.7. The zero-order chi connectivity index (χ0) is 20.9. The Kier molecular flexibility index (Phi) is 7.10. The van der Waals surface area contributed by atoms with E-state index in [2.05, 4.69) is 11.9 Å². The summed E-state index contributed by atoms with van der Waals surface area (Å²) in [6, 6.07) is 10.7. The maximum atomic E-state index is 12.7. The van der Waals surface area contributed by atoms with E-state index in [4.69, 9.17) is 16.3 Å². The Morgan fingerprint density at radius 3 is 2.64 bits per heavy atom. The summed E-state index contributed by atoms with van der Waals surface area (Å²) in [6.45, 7) is 7.25. The molecular weight excluding hydrogens is 400 g/mol. The van der Waals surface area contributed by atoms with Gasteiger partial charge in [0.25, 0.3) is 0 Å². The molecule has 0 radical (unpaired) electrons. The summed E-state index contributed by atoms with van der Waals surface area (Å²) in [6.07, 6.45) is 2.66. The molecule has 0 aliphatic heterocycles. The van der Waals surface area contributed by atoms with E-state index in [-0.39, 0.29) is 0 Å². The van der Waals surface area contributed by atoms with Gasteiger partial charge in [0.1, 0.15) is 18.4 Å². The van der Waals surface area contributed by atoms with Crippen molar-refractivity contribution in [2.24, 2.45) is 0 Å². The molecular formula is C20H23ClN2O4S. The molecule has 2 aromatic carbocycles. The molecule has 0 heterocycles. The van der Waals surface area contributed by atoms with Gasteiger partial charge in [-0.15, -0.1) is 0 Å². The first-order chi connectivity index (χ1) is 13.1. The standard InChI is InChI=1S/C20H23ClN2O4S/c1-5-11-27-18-8-6-7-16(12-18)22-20(24)15(3)23(28(4,25)26)17-10-9-14(2)19(21)13-17/h5-10,12-13,15H,1,11H2,2-4H3,(H,22,24)/t15-/m1/s1. The lowest BCUT2D eigenvalue weighted by atomic mass is 10.2. The van der Waals surface area contributed by atoms with Crippen LogP contribution in [0.1, 0.15) is 12.5 Å². The molecule has 0 aliphatic rings. The molecule has 0 saturated heterocycles. The fraction of sp³-hybridized carbons (Fsp3) is 0.250. The molecule has 0 unspecified atom stereocenters. The third-order valence-electron chi connectivity index (χ3n) is 3.97. The highest BCUT2D eigenvalue weighted by Crippen LogP contribution is 2.27. The fourth-order valence-corrected chi connectivity index (χ4v) is 3.93. The SMILES string of the molecule is C=CCOc1cccc(NC(=O)[C@@H](C)N(c2ccc(C)c(Cl)c2)S(C)(=O)=O)c1. The molecule has 28 heavy (non-hydrogen) atoms. The summed E-state index contributed by atoms with van der Waals surface area (Å²) in [5.41, 5.74) is 1.63. The second-order valence-electron chi connectivity index (χ2n) is 6.29. The van der Waals surface area contributed by atoms with E-state index in [1.807, 2.05) is 6.92 Å². The van der Waals surface area contributed by atoms with Gasteiger partial charge >= 0.3 is 0 Å². The van der Waals surface area contributed by atoms with E-state index < -0.39 is 22.0 Å². The zero-order valence-electron chi connectivity index (χ0n) is 16.0. The van der Waals surface area contributed by atoms with Gasteiger partial charge in [0.2, 0.25) is 15.9 Å². The van der Waals surface area contributed by atoms with Crippen LogP contribution >= 0.6 is 11.6 Å². The van der Waals surface area contributed by atoms with Crippen LogP contribution in [-0.2, 0) is 14.8 Å². The highest BCUT2D eigenvalue weighted by atomic mass is 35.5. The van der Waals surface area contributed by atoms with Crippen molar-refractivity contribution in [1.82, 2.24) is 0 Å². The van der Waals surface area contributed by atoms with Crippen LogP contribution in [0.15, 0.2) is 55.1 Å². The van der Waals surface area contributed by atoms with Gasteiger partial charge in [0.05, 0.1) is 11.9 Å². The minimum absolute atomic E-state index is 0.323. The zero-order valence-corrected chi connectivity index (χ0v) is 17.5. The number of nitrogens with zero attached hydrogens (tertiary/aromatic N) is 1. The predicted molar refractivity (Wildman–Crippen MR) is 114 cm³/mol. The van der Waals surface area contributed by atoms with Crippen LogP contribution in [-0.4, -0.2) is 33.2 Å². The van der Waals surface area contributed by atoms with Crippen molar-refractivity contribution in [2.45, 2.75) is 19.9 Å². The number of carbonyl (C=O) groups is 1. The Morgan fingerprint density at radius 2 is 2.04 bits per heavy atom. The van der Waals surface area contributed by atoms with Crippen molar-refractivity contribution in [2.75, 3.05) is 22.5 Å². The maximum Gasteiger partial charge on any atom is 0.247 e. The van der Waals surface area contributed by atoms with Crippen LogP contribution < -0.4 is 14.4 Å². The van der Waals surface area contributed by atoms with E-state index in [0.717, 1.165) is 16.1 Å². The number of benzene rings is 2. The van der Waals surface area contributed by atoms with E-state index >= 15 is 0 Å². The number of ether oxygens (including phenoxy) is 1.